The van der Waals surface area contributed by atoms with Crippen molar-refractivity contribution in [1.29, 1.82) is 0 Å². The Bertz CT molecular complexity index is 1060. The lowest BCUT2D eigenvalue weighted by Crippen LogP contribution is -2.32. The minimum atomic E-state index is -0.444. The second-order valence-corrected chi connectivity index (χ2v) is 8.92. The lowest BCUT2D eigenvalue weighted by molar-refractivity contribution is 0.251. The Morgan fingerprint density at radius 3 is 2.78 bits per heavy atom. The summed E-state index contributed by atoms with van der Waals surface area (Å²) in [5.41, 5.74) is 1.39. The molecule has 2 amide bonds. The van der Waals surface area contributed by atoms with Crippen LogP contribution >= 0.6 is 11.3 Å². The van der Waals surface area contributed by atoms with Crippen LogP contribution in [-0.2, 0) is 0 Å². The SMILES string of the molecule is O=C(NCCCCN1CCCN(c2csc3cc(F)ccc23)CC1)Nc1ccccc1F. The topological polar surface area (TPSA) is 47.6 Å². The van der Waals surface area contributed by atoms with E-state index in [0.717, 1.165) is 62.1 Å². The standard InChI is InChI=1S/C24H28F2N4OS/c25-18-8-9-19-22(17-32-23(19)16-18)30-13-5-12-29(14-15-30)11-4-3-10-27-24(31)28-21-7-2-1-6-20(21)26/h1-2,6-9,16-17H,3-5,10-15H2,(H2,27,28,31). The molecule has 1 fully saturated rings. The van der Waals surface area contributed by atoms with Crippen molar-refractivity contribution in [2.45, 2.75) is 19.3 Å². The molecule has 1 aromatic heterocycles. The first-order chi connectivity index (χ1) is 15.6. The van der Waals surface area contributed by atoms with E-state index in [1.54, 1.807) is 29.5 Å². The highest BCUT2D eigenvalue weighted by molar-refractivity contribution is 7.17. The molecule has 2 aromatic carbocycles. The Hall–Kier alpha value is -2.71. The van der Waals surface area contributed by atoms with Crippen LogP contribution in [0.5, 0.6) is 0 Å². The van der Waals surface area contributed by atoms with Gasteiger partial charge in [-0.05, 0) is 62.7 Å². The largest absolute Gasteiger partial charge is 0.369 e. The molecule has 2 N–H and O–H groups in total. The molecule has 0 saturated carbocycles. The first-order valence-electron chi connectivity index (χ1n) is 11.0. The molecule has 32 heavy (non-hydrogen) atoms. The number of fused-ring (bicyclic) bond motifs is 1. The van der Waals surface area contributed by atoms with E-state index in [2.05, 4.69) is 25.8 Å². The number of thiophene rings is 1. The summed E-state index contributed by atoms with van der Waals surface area (Å²) in [5.74, 6) is -0.632. The second-order valence-electron chi connectivity index (χ2n) is 8.01. The van der Waals surface area contributed by atoms with Gasteiger partial charge in [0.1, 0.15) is 11.6 Å². The van der Waals surface area contributed by atoms with E-state index in [9.17, 15) is 13.6 Å². The van der Waals surface area contributed by atoms with Crippen molar-refractivity contribution in [1.82, 2.24) is 10.2 Å². The van der Waals surface area contributed by atoms with Gasteiger partial charge in [-0.25, -0.2) is 13.6 Å². The number of anilines is 2. The lowest BCUT2D eigenvalue weighted by Gasteiger charge is -2.23. The number of carbonyl (C=O) groups is 1. The molecule has 1 aliphatic heterocycles. The molecule has 3 aromatic rings. The second kappa shape index (κ2) is 10.7. The zero-order valence-electron chi connectivity index (χ0n) is 17.9. The monoisotopic (exact) mass is 458 g/mol. The highest BCUT2D eigenvalue weighted by Gasteiger charge is 2.18. The number of rotatable bonds is 7. The number of unbranched alkanes of at least 4 members (excludes halogenated alkanes) is 1. The first kappa shape index (κ1) is 22.5. The fourth-order valence-electron chi connectivity index (χ4n) is 4.06. The maximum absolute atomic E-state index is 13.6. The molecule has 1 saturated heterocycles. The van der Waals surface area contributed by atoms with Crippen LogP contribution in [0.4, 0.5) is 25.0 Å². The molecule has 0 spiro atoms. The van der Waals surface area contributed by atoms with E-state index >= 15 is 0 Å². The van der Waals surface area contributed by atoms with E-state index in [0.29, 0.717) is 6.54 Å². The third-order valence-electron chi connectivity index (χ3n) is 5.76. The Morgan fingerprint density at radius 1 is 1.03 bits per heavy atom. The summed E-state index contributed by atoms with van der Waals surface area (Å²) in [6.07, 6.45) is 2.94. The van der Waals surface area contributed by atoms with Crippen LogP contribution in [-0.4, -0.2) is 50.2 Å². The molecule has 0 aliphatic carbocycles. The predicted molar refractivity (Wildman–Crippen MR) is 128 cm³/mol. The summed E-state index contributed by atoms with van der Waals surface area (Å²) in [7, 11) is 0. The number of halogens is 2. The number of hydrogen-bond donors (Lipinski definition) is 2. The molecule has 8 heteroatoms. The maximum Gasteiger partial charge on any atom is 0.319 e. The number of amides is 2. The summed E-state index contributed by atoms with van der Waals surface area (Å²) in [6.45, 7) is 5.52. The number of urea groups is 1. The van der Waals surface area contributed by atoms with E-state index in [1.165, 1.54) is 23.9 Å². The number of carbonyl (C=O) groups excluding carboxylic acids is 1. The van der Waals surface area contributed by atoms with Crippen LogP contribution in [0.2, 0.25) is 0 Å². The molecule has 1 aliphatic rings. The van der Waals surface area contributed by atoms with Crippen molar-refractivity contribution in [3.8, 4) is 0 Å². The average molecular weight is 459 g/mol. The average Bonchev–Trinajstić information content (AvgIpc) is 3.05. The fourth-order valence-corrected chi connectivity index (χ4v) is 5.05. The third kappa shape index (κ3) is 5.75. The van der Waals surface area contributed by atoms with Crippen molar-refractivity contribution in [2.24, 2.45) is 0 Å². The number of nitrogens with one attached hydrogen (secondary N) is 2. The molecule has 0 atom stereocenters. The van der Waals surface area contributed by atoms with Crippen molar-refractivity contribution in [3.05, 3.63) is 59.5 Å². The van der Waals surface area contributed by atoms with Crippen LogP contribution in [0.1, 0.15) is 19.3 Å². The molecule has 0 radical (unpaired) electrons. The van der Waals surface area contributed by atoms with E-state index < -0.39 is 5.82 Å². The maximum atomic E-state index is 13.6. The van der Waals surface area contributed by atoms with Crippen molar-refractivity contribution >= 4 is 38.8 Å². The van der Waals surface area contributed by atoms with Gasteiger partial charge in [-0.1, -0.05) is 12.1 Å². The van der Waals surface area contributed by atoms with Crippen LogP contribution in [0.3, 0.4) is 0 Å². The molecular weight excluding hydrogens is 430 g/mol. The summed E-state index contributed by atoms with van der Waals surface area (Å²) in [4.78, 5) is 16.8. The Balaban J connectivity index is 1.17. The van der Waals surface area contributed by atoms with Crippen molar-refractivity contribution in [2.75, 3.05) is 49.5 Å². The summed E-state index contributed by atoms with van der Waals surface area (Å²) in [5, 5.41) is 8.58. The van der Waals surface area contributed by atoms with Crippen LogP contribution < -0.4 is 15.5 Å². The number of hydrogen-bond acceptors (Lipinski definition) is 4. The van der Waals surface area contributed by atoms with Gasteiger partial charge in [0, 0.05) is 41.6 Å². The molecule has 0 bridgehead atoms. The first-order valence-corrected chi connectivity index (χ1v) is 11.9. The molecule has 5 nitrogen and oxygen atoms in total. The highest BCUT2D eigenvalue weighted by Crippen LogP contribution is 2.34. The number of nitrogens with zero attached hydrogens (tertiary/aromatic N) is 2. The smallest absolute Gasteiger partial charge is 0.319 e. The third-order valence-corrected chi connectivity index (χ3v) is 6.69. The Kier molecular flexibility index (Phi) is 7.55. The van der Waals surface area contributed by atoms with E-state index in [4.69, 9.17) is 0 Å². The summed E-state index contributed by atoms with van der Waals surface area (Å²) in [6, 6.07) is 10.8. The molecule has 0 unspecified atom stereocenters. The minimum absolute atomic E-state index is 0.183. The van der Waals surface area contributed by atoms with Gasteiger partial charge in [-0.2, -0.15) is 0 Å². The van der Waals surface area contributed by atoms with Gasteiger partial charge in [0.05, 0.1) is 11.4 Å². The van der Waals surface area contributed by atoms with E-state index in [-0.39, 0.29) is 17.5 Å². The predicted octanol–water partition coefficient (Wildman–Crippen LogP) is 5.29. The Morgan fingerprint density at radius 2 is 1.91 bits per heavy atom. The highest BCUT2D eigenvalue weighted by atomic mass is 32.1. The zero-order chi connectivity index (χ0) is 22.3. The summed E-state index contributed by atoms with van der Waals surface area (Å²) < 4.78 is 28.1. The molecule has 2 heterocycles. The van der Waals surface area contributed by atoms with Gasteiger partial charge in [0.2, 0.25) is 0 Å². The van der Waals surface area contributed by atoms with Gasteiger partial charge in [0.15, 0.2) is 0 Å². The summed E-state index contributed by atoms with van der Waals surface area (Å²) >= 11 is 1.60. The van der Waals surface area contributed by atoms with E-state index in [1.807, 2.05) is 6.07 Å². The van der Waals surface area contributed by atoms with Crippen LogP contribution in [0.15, 0.2) is 47.8 Å². The minimum Gasteiger partial charge on any atom is -0.369 e. The van der Waals surface area contributed by atoms with Crippen LogP contribution in [0, 0.1) is 11.6 Å². The quantitative estimate of drug-likeness (QED) is 0.473. The fraction of sp³-hybridized carbons (Fsp3) is 0.375. The van der Waals surface area contributed by atoms with Gasteiger partial charge < -0.3 is 20.4 Å². The number of benzene rings is 2. The lowest BCUT2D eigenvalue weighted by atomic mass is 10.2. The van der Waals surface area contributed by atoms with Crippen LogP contribution in [0.25, 0.3) is 10.1 Å². The van der Waals surface area contributed by atoms with Gasteiger partial charge >= 0.3 is 6.03 Å². The Labute approximate surface area is 191 Å². The van der Waals surface area contributed by atoms with Crippen molar-refractivity contribution in [3.63, 3.8) is 0 Å². The van der Waals surface area contributed by atoms with Crippen molar-refractivity contribution < 1.29 is 13.6 Å². The molecular formula is C24H28F2N4OS. The molecule has 170 valence electrons. The number of para-hydroxylation sites is 1. The molecule has 4 rings (SSSR count). The van der Waals surface area contributed by atoms with Gasteiger partial charge in [-0.3, -0.25) is 0 Å². The van der Waals surface area contributed by atoms with Gasteiger partial charge in [-0.15, -0.1) is 11.3 Å². The van der Waals surface area contributed by atoms with Gasteiger partial charge in [0.25, 0.3) is 0 Å². The zero-order valence-corrected chi connectivity index (χ0v) is 18.8. The normalized spacial score (nSPS) is 15.0.